The second-order valence-electron chi connectivity index (χ2n) is 5.25. The Balaban J connectivity index is 2.29. The molecule has 0 unspecified atom stereocenters. The number of aromatic nitrogens is 1. The third-order valence-corrected chi connectivity index (χ3v) is 2.51. The Morgan fingerprint density at radius 2 is 1.88 bits per heavy atom. The standard InChI is InChI=1S/C13H16F2N2/c1-13(2,3)16-7-10-5-8-4-9(14)6-11(15)12(8)17-10/h4-6,16-17H,7H2,1-3H3. The summed E-state index contributed by atoms with van der Waals surface area (Å²) in [5.41, 5.74) is 1.19. The van der Waals surface area contributed by atoms with Gasteiger partial charge in [0.1, 0.15) is 11.6 Å². The van der Waals surface area contributed by atoms with Crippen LogP contribution in [0, 0.1) is 11.6 Å². The second kappa shape index (κ2) is 4.11. The minimum Gasteiger partial charge on any atom is -0.355 e. The molecule has 17 heavy (non-hydrogen) atoms. The van der Waals surface area contributed by atoms with Crippen molar-refractivity contribution in [3.05, 3.63) is 35.5 Å². The first kappa shape index (κ1) is 12.0. The zero-order valence-electron chi connectivity index (χ0n) is 10.2. The van der Waals surface area contributed by atoms with E-state index in [1.54, 1.807) is 6.07 Å². The van der Waals surface area contributed by atoms with Gasteiger partial charge in [-0.1, -0.05) is 0 Å². The van der Waals surface area contributed by atoms with Gasteiger partial charge in [-0.3, -0.25) is 0 Å². The van der Waals surface area contributed by atoms with E-state index >= 15 is 0 Å². The molecule has 4 heteroatoms. The summed E-state index contributed by atoms with van der Waals surface area (Å²) in [7, 11) is 0. The molecule has 0 radical (unpaired) electrons. The molecule has 0 bridgehead atoms. The highest BCUT2D eigenvalue weighted by molar-refractivity contribution is 5.81. The second-order valence-corrected chi connectivity index (χ2v) is 5.25. The Morgan fingerprint density at radius 3 is 2.53 bits per heavy atom. The molecule has 1 aromatic heterocycles. The van der Waals surface area contributed by atoms with Crippen molar-refractivity contribution in [2.45, 2.75) is 32.9 Å². The van der Waals surface area contributed by atoms with Gasteiger partial charge in [-0.15, -0.1) is 0 Å². The predicted molar refractivity (Wildman–Crippen MR) is 64.8 cm³/mol. The average Bonchev–Trinajstić information content (AvgIpc) is 2.56. The summed E-state index contributed by atoms with van der Waals surface area (Å²) in [4.78, 5) is 2.96. The van der Waals surface area contributed by atoms with Crippen molar-refractivity contribution in [3.8, 4) is 0 Å². The largest absolute Gasteiger partial charge is 0.355 e. The summed E-state index contributed by atoms with van der Waals surface area (Å²) in [6, 6.07) is 3.98. The van der Waals surface area contributed by atoms with Gasteiger partial charge >= 0.3 is 0 Å². The third-order valence-electron chi connectivity index (χ3n) is 2.51. The lowest BCUT2D eigenvalue weighted by Crippen LogP contribution is -2.35. The van der Waals surface area contributed by atoms with E-state index in [0.29, 0.717) is 17.4 Å². The first-order valence-electron chi connectivity index (χ1n) is 5.57. The van der Waals surface area contributed by atoms with Gasteiger partial charge in [-0.25, -0.2) is 8.78 Å². The van der Waals surface area contributed by atoms with E-state index in [4.69, 9.17) is 0 Å². The van der Waals surface area contributed by atoms with Crippen molar-refractivity contribution < 1.29 is 8.78 Å². The van der Waals surface area contributed by atoms with Gasteiger partial charge in [0.2, 0.25) is 0 Å². The van der Waals surface area contributed by atoms with Crippen molar-refractivity contribution in [2.24, 2.45) is 0 Å². The van der Waals surface area contributed by atoms with Crippen molar-refractivity contribution in [1.29, 1.82) is 0 Å². The van der Waals surface area contributed by atoms with E-state index in [-0.39, 0.29) is 5.54 Å². The van der Waals surface area contributed by atoms with Crippen LogP contribution in [0.25, 0.3) is 10.9 Å². The Labute approximate surface area is 99.0 Å². The van der Waals surface area contributed by atoms with Crippen LogP contribution in [0.5, 0.6) is 0 Å². The van der Waals surface area contributed by atoms with Crippen LogP contribution in [0.15, 0.2) is 18.2 Å². The van der Waals surface area contributed by atoms with Crippen LogP contribution in [0.1, 0.15) is 26.5 Å². The molecule has 1 heterocycles. The molecule has 0 spiro atoms. The van der Waals surface area contributed by atoms with E-state index in [9.17, 15) is 8.78 Å². The Morgan fingerprint density at radius 1 is 1.18 bits per heavy atom. The Hall–Kier alpha value is -1.42. The fourth-order valence-corrected chi connectivity index (χ4v) is 1.68. The Bertz CT molecular complexity index is 538. The number of hydrogen-bond acceptors (Lipinski definition) is 1. The molecule has 0 saturated heterocycles. The molecule has 0 fully saturated rings. The molecule has 0 atom stereocenters. The number of halogens is 2. The lowest BCUT2D eigenvalue weighted by atomic mass is 10.1. The first-order chi connectivity index (χ1) is 7.85. The molecular weight excluding hydrogens is 222 g/mol. The first-order valence-corrected chi connectivity index (χ1v) is 5.57. The molecule has 2 nitrogen and oxygen atoms in total. The number of rotatable bonds is 2. The SMILES string of the molecule is CC(C)(C)NCc1cc2cc(F)cc(F)c2[nH]1. The normalized spacial score (nSPS) is 12.3. The van der Waals surface area contributed by atoms with Crippen LogP contribution in [0.2, 0.25) is 0 Å². The van der Waals surface area contributed by atoms with Gasteiger partial charge in [-0.2, -0.15) is 0 Å². The summed E-state index contributed by atoms with van der Waals surface area (Å²) >= 11 is 0. The van der Waals surface area contributed by atoms with Crippen LogP contribution < -0.4 is 5.32 Å². The lowest BCUT2D eigenvalue weighted by molar-refractivity contribution is 0.422. The van der Waals surface area contributed by atoms with Crippen molar-refractivity contribution in [2.75, 3.05) is 0 Å². The average molecular weight is 238 g/mol. The smallest absolute Gasteiger partial charge is 0.150 e. The molecule has 2 aromatic rings. The van der Waals surface area contributed by atoms with Gasteiger partial charge in [0.25, 0.3) is 0 Å². The summed E-state index contributed by atoms with van der Waals surface area (Å²) in [6.45, 7) is 6.75. The van der Waals surface area contributed by atoms with Crippen LogP contribution in [0.3, 0.4) is 0 Å². The van der Waals surface area contributed by atoms with E-state index in [2.05, 4.69) is 31.1 Å². The zero-order valence-corrected chi connectivity index (χ0v) is 10.2. The van der Waals surface area contributed by atoms with Crippen LogP contribution in [-0.2, 0) is 6.54 Å². The van der Waals surface area contributed by atoms with Gasteiger partial charge in [-0.05, 0) is 32.9 Å². The van der Waals surface area contributed by atoms with E-state index in [1.165, 1.54) is 6.07 Å². The molecule has 0 aliphatic rings. The maximum atomic E-state index is 13.4. The van der Waals surface area contributed by atoms with E-state index in [0.717, 1.165) is 11.8 Å². The molecule has 1 aromatic carbocycles. The van der Waals surface area contributed by atoms with Crippen LogP contribution >= 0.6 is 0 Å². The fraction of sp³-hybridized carbons (Fsp3) is 0.385. The molecule has 0 saturated carbocycles. The number of nitrogens with one attached hydrogen (secondary N) is 2. The predicted octanol–water partition coefficient (Wildman–Crippen LogP) is 3.33. The number of fused-ring (bicyclic) bond motifs is 1. The quantitative estimate of drug-likeness (QED) is 0.825. The van der Waals surface area contributed by atoms with E-state index in [1.807, 2.05) is 0 Å². The van der Waals surface area contributed by atoms with Gasteiger partial charge in [0, 0.05) is 29.2 Å². The molecule has 92 valence electrons. The van der Waals surface area contributed by atoms with Gasteiger partial charge in [0.05, 0.1) is 5.52 Å². The summed E-state index contributed by atoms with van der Waals surface area (Å²) < 4.78 is 26.5. The van der Waals surface area contributed by atoms with Crippen molar-refractivity contribution in [1.82, 2.24) is 10.3 Å². The molecule has 0 amide bonds. The highest BCUT2D eigenvalue weighted by Gasteiger charge is 2.11. The maximum absolute atomic E-state index is 13.4. The topological polar surface area (TPSA) is 27.8 Å². The highest BCUT2D eigenvalue weighted by Crippen LogP contribution is 2.20. The summed E-state index contributed by atoms with van der Waals surface area (Å²) in [6.07, 6.45) is 0. The van der Waals surface area contributed by atoms with Crippen molar-refractivity contribution in [3.63, 3.8) is 0 Å². The molecule has 2 N–H and O–H groups in total. The molecule has 0 aliphatic carbocycles. The monoisotopic (exact) mass is 238 g/mol. The third kappa shape index (κ3) is 2.82. The number of hydrogen-bond donors (Lipinski definition) is 2. The van der Waals surface area contributed by atoms with Crippen LogP contribution in [0.4, 0.5) is 8.78 Å². The number of H-pyrrole nitrogens is 1. The molecule has 0 aliphatic heterocycles. The van der Waals surface area contributed by atoms with Gasteiger partial charge in [0.15, 0.2) is 0 Å². The molecule has 2 rings (SSSR count). The number of benzene rings is 1. The minimum absolute atomic E-state index is 0.0128. The Kier molecular flexibility index (Phi) is 2.91. The van der Waals surface area contributed by atoms with E-state index < -0.39 is 11.6 Å². The molecular formula is C13H16F2N2. The van der Waals surface area contributed by atoms with Crippen molar-refractivity contribution >= 4 is 10.9 Å². The lowest BCUT2D eigenvalue weighted by Gasteiger charge is -2.19. The summed E-state index contributed by atoms with van der Waals surface area (Å²) in [5.74, 6) is -1.11. The number of aromatic amines is 1. The highest BCUT2D eigenvalue weighted by atomic mass is 19.1. The van der Waals surface area contributed by atoms with Crippen LogP contribution in [-0.4, -0.2) is 10.5 Å². The fourth-order valence-electron chi connectivity index (χ4n) is 1.68. The minimum atomic E-state index is -0.554. The van der Waals surface area contributed by atoms with Gasteiger partial charge < -0.3 is 10.3 Å². The zero-order chi connectivity index (χ0) is 12.6. The summed E-state index contributed by atoms with van der Waals surface area (Å²) in [5, 5.41) is 3.85. The maximum Gasteiger partial charge on any atom is 0.150 e.